The Balaban J connectivity index is 2.61. The standard InChI is InChI=1S/C21H36FN3O4/c1-4-15(20(24)28)17(12-22)16(14(3)26)8-5-6-10-19(27)18-9-7-11-25(18)21(29)13(2)23/h13,15-18H,4-12,23H2,1-3H3,(H2,24,28)/t13-,15?,16?,17?,18-/m0/s1. The number of nitrogens with zero attached hydrogens (tertiary/aromatic N) is 1. The van der Waals surface area contributed by atoms with Gasteiger partial charge in [-0.15, -0.1) is 0 Å². The fraction of sp³-hybridized carbons (Fsp3) is 0.810. The zero-order valence-corrected chi connectivity index (χ0v) is 17.9. The maximum absolute atomic E-state index is 13.6. The predicted octanol–water partition coefficient (Wildman–Crippen LogP) is 1.76. The number of amides is 2. The minimum absolute atomic E-state index is 0.00138. The summed E-state index contributed by atoms with van der Waals surface area (Å²) >= 11 is 0. The third-order valence-electron chi connectivity index (χ3n) is 6.02. The number of primary amides is 1. The quantitative estimate of drug-likeness (QED) is 0.445. The molecule has 7 nitrogen and oxygen atoms in total. The van der Waals surface area contributed by atoms with Crippen LogP contribution in [0.4, 0.5) is 4.39 Å². The van der Waals surface area contributed by atoms with Crippen LogP contribution in [0.5, 0.6) is 0 Å². The topological polar surface area (TPSA) is 124 Å². The molecule has 0 saturated carbocycles. The Morgan fingerprint density at radius 1 is 1.17 bits per heavy atom. The van der Waals surface area contributed by atoms with Crippen molar-refractivity contribution in [3.63, 3.8) is 0 Å². The Bertz CT molecular complexity index is 596. The monoisotopic (exact) mass is 413 g/mol. The number of unbranched alkanes of at least 4 members (excludes halogenated alkanes) is 1. The summed E-state index contributed by atoms with van der Waals surface area (Å²) in [6.07, 6.45) is 3.64. The van der Waals surface area contributed by atoms with Crippen LogP contribution in [-0.2, 0) is 19.2 Å². The maximum Gasteiger partial charge on any atom is 0.239 e. The maximum atomic E-state index is 13.6. The molecule has 1 saturated heterocycles. The van der Waals surface area contributed by atoms with Gasteiger partial charge in [-0.25, -0.2) is 0 Å². The first kappa shape index (κ1) is 25.2. The third-order valence-corrected chi connectivity index (χ3v) is 6.02. The Morgan fingerprint density at radius 3 is 2.31 bits per heavy atom. The van der Waals surface area contributed by atoms with E-state index in [9.17, 15) is 23.6 Å². The predicted molar refractivity (Wildman–Crippen MR) is 108 cm³/mol. The van der Waals surface area contributed by atoms with Crippen molar-refractivity contribution < 1.29 is 23.6 Å². The highest BCUT2D eigenvalue weighted by Gasteiger charge is 2.36. The van der Waals surface area contributed by atoms with E-state index < -0.39 is 42.4 Å². The van der Waals surface area contributed by atoms with E-state index in [-0.39, 0.29) is 17.5 Å². The highest BCUT2D eigenvalue weighted by molar-refractivity contribution is 5.91. The van der Waals surface area contributed by atoms with Gasteiger partial charge in [0.2, 0.25) is 11.8 Å². The molecule has 0 aromatic carbocycles. The van der Waals surface area contributed by atoms with E-state index in [4.69, 9.17) is 11.5 Å². The van der Waals surface area contributed by atoms with Gasteiger partial charge in [0.25, 0.3) is 0 Å². The van der Waals surface area contributed by atoms with Gasteiger partial charge in [0.15, 0.2) is 5.78 Å². The molecule has 29 heavy (non-hydrogen) atoms. The molecule has 3 unspecified atom stereocenters. The molecule has 8 heteroatoms. The smallest absolute Gasteiger partial charge is 0.239 e. The lowest BCUT2D eigenvalue weighted by Gasteiger charge is -2.28. The second kappa shape index (κ2) is 12.0. The second-order valence-electron chi connectivity index (χ2n) is 8.14. The van der Waals surface area contributed by atoms with Crippen molar-refractivity contribution in [2.45, 2.75) is 77.8 Å². The Morgan fingerprint density at radius 2 is 1.83 bits per heavy atom. The molecule has 0 bridgehead atoms. The summed E-state index contributed by atoms with van der Waals surface area (Å²) in [5.74, 6) is -2.94. The van der Waals surface area contributed by atoms with Crippen LogP contribution >= 0.6 is 0 Å². The van der Waals surface area contributed by atoms with E-state index in [1.807, 2.05) is 0 Å². The minimum atomic E-state index is -0.777. The van der Waals surface area contributed by atoms with Gasteiger partial charge in [-0.2, -0.15) is 0 Å². The molecule has 1 rings (SSSR count). The Hall–Kier alpha value is -1.83. The number of likely N-dealkylation sites (tertiary alicyclic amines) is 1. The highest BCUT2D eigenvalue weighted by atomic mass is 19.1. The number of hydrogen-bond donors (Lipinski definition) is 2. The summed E-state index contributed by atoms with van der Waals surface area (Å²) in [4.78, 5) is 50.0. The van der Waals surface area contributed by atoms with E-state index in [1.54, 1.807) is 18.7 Å². The number of Topliss-reactive ketones (excluding diaryl/α,β-unsaturated/α-hetero) is 2. The van der Waals surface area contributed by atoms with Gasteiger partial charge in [-0.05, 0) is 46.0 Å². The van der Waals surface area contributed by atoms with Gasteiger partial charge in [0.05, 0.1) is 18.8 Å². The second-order valence-corrected chi connectivity index (χ2v) is 8.14. The number of nitrogens with two attached hydrogens (primary N) is 2. The summed E-state index contributed by atoms with van der Waals surface area (Å²) in [6.45, 7) is 4.54. The van der Waals surface area contributed by atoms with Crippen molar-refractivity contribution in [2.75, 3.05) is 13.2 Å². The molecule has 2 amide bonds. The molecule has 1 aliphatic heterocycles. The lowest BCUT2D eigenvalue weighted by Crippen LogP contribution is -2.47. The van der Waals surface area contributed by atoms with Crippen LogP contribution in [-0.4, -0.2) is 53.6 Å². The molecule has 4 N–H and O–H groups in total. The number of alkyl halides is 1. The zero-order chi connectivity index (χ0) is 22.1. The fourth-order valence-electron chi connectivity index (χ4n) is 4.39. The molecule has 1 heterocycles. The molecule has 0 aromatic heterocycles. The first-order valence-corrected chi connectivity index (χ1v) is 10.6. The molecule has 5 atom stereocenters. The molecule has 1 fully saturated rings. The van der Waals surface area contributed by atoms with E-state index in [0.29, 0.717) is 45.1 Å². The van der Waals surface area contributed by atoms with Crippen molar-refractivity contribution in [3.05, 3.63) is 0 Å². The Kier molecular flexibility index (Phi) is 10.4. The van der Waals surface area contributed by atoms with Gasteiger partial charge < -0.3 is 16.4 Å². The molecular weight excluding hydrogens is 377 g/mol. The molecular formula is C21H36FN3O4. The highest BCUT2D eigenvalue weighted by Crippen LogP contribution is 2.30. The Labute approximate surface area is 172 Å². The van der Waals surface area contributed by atoms with E-state index in [2.05, 4.69) is 0 Å². The first-order valence-electron chi connectivity index (χ1n) is 10.6. The lowest BCUT2D eigenvalue weighted by molar-refractivity contribution is -0.138. The summed E-state index contributed by atoms with van der Waals surface area (Å²) in [5, 5.41) is 0. The zero-order valence-electron chi connectivity index (χ0n) is 17.9. The number of rotatable bonds is 13. The molecule has 0 radical (unpaired) electrons. The van der Waals surface area contributed by atoms with Crippen molar-refractivity contribution in [3.8, 4) is 0 Å². The van der Waals surface area contributed by atoms with Crippen LogP contribution < -0.4 is 11.5 Å². The largest absolute Gasteiger partial charge is 0.369 e. The molecule has 1 aliphatic rings. The summed E-state index contributed by atoms with van der Waals surface area (Å²) in [6, 6.07) is -1.05. The number of hydrogen-bond acceptors (Lipinski definition) is 5. The van der Waals surface area contributed by atoms with Gasteiger partial charge in [-0.1, -0.05) is 13.3 Å². The van der Waals surface area contributed by atoms with Crippen LogP contribution in [0, 0.1) is 17.8 Å². The van der Waals surface area contributed by atoms with Crippen molar-refractivity contribution in [1.82, 2.24) is 4.90 Å². The molecule has 0 aromatic rings. The third kappa shape index (κ3) is 6.87. The summed E-state index contributed by atoms with van der Waals surface area (Å²) < 4.78 is 13.6. The van der Waals surface area contributed by atoms with E-state index in [1.165, 1.54) is 6.92 Å². The van der Waals surface area contributed by atoms with Gasteiger partial charge in [0.1, 0.15) is 5.78 Å². The fourth-order valence-corrected chi connectivity index (χ4v) is 4.39. The number of halogens is 1. The SMILES string of the molecule is CCC(C(N)=O)C(CF)C(CCCCC(=O)[C@@H]1CCCN1C(=O)[C@H](C)N)C(C)=O. The normalized spacial score (nSPS) is 20.7. The van der Waals surface area contributed by atoms with Crippen molar-refractivity contribution in [2.24, 2.45) is 29.2 Å². The summed E-state index contributed by atoms with van der Waals surface area (Å²) in [5.41, 5.74) is 11.0. The first-order chi connectivity index (χ1) is 13.6. The van der Waals surface area contributed by atoms with Gasteiger partial charge in [0, 0.05) is 30.7 Å². The van der Waals surface area contributed by atoms with E-state index >= 15 is 0 Å². The van der Waals surface area contributed by atoms with Crippen LogP contribution in [0.15, 0.2) is 0 Å². The molecule has 0 aliphatic carbocycles. The van der Waals surface area contributed by atoms with Crippen LogP contribution in [0.3, 0.4) is 0 Å². The van der Waals surface area contributed by atoms with Gasteiger partial charge in [-0.3, -0.25) is 23.6 Å². The number of carbonyl (C=O) groups is 4. The van der Waals surface area contributed by atoms with E-state index in [0.717, 1.165) is 6.42 Å². The number of ketones is 2. The number of carbonyl (C=O) groups excluding carboxylic acids is 4. The van der Waals surface area contributed by atoms with Crippen LogP contribution in [0.2, 0.25) is 0 Å². The molecule has 166 valence electrons. The summed E-state index contributed by atoms with van der Waals surface area (Å²) in [7, 11) is 0. The lowest BCUT2D eigenvalue weighted by atomic mass is 9.76. The van der Waals surface area contributed by atoms with Crippen LogP contribution in [0.1, 0.15) is 65.7 Å². The van der Waals surface area contributed by atoms with Gasteiger partial charge >= 0.3 is 0 Å². The van der Waals surface area contributed by atoms with Crippen molar-refractivity contribution in [1.29, 1.82) is 0 Å². The van der Waals surface area contributed by atoms with Crippen LogP contribution in [0.25, 0.3) is 0 Å². The average Bonchev–Trinajstić information content (AvgIpc) is 3.14. The molecule has 0 spiro atoms. The average molecular weight is 414 g/mol. The minimum Gasteiger partial charge on any atom is -0.369 e. The van der Waals surface area contributed by atoms with Crippen molar-refractivity contribution >= 4 is 23.4 Å².